The quantitative estimate of drug-likeness (QED) is 0.874. The van der Waals surface area contributed by atoms with E-state index in [-0.39, 0.29) is 16.1 Å². The number of hydrogen-bond acceptors (Lipinski definition) is 4. The summed E-state index contributed by atoms with van der Waals surface area (Å²) in [4.78, 5) is 14.0. The molecule has 7 heteroatoms. The lowest BCUT2D eigenvalue weighted by molar-refractivity contribution is -0.115. The van der Waals surface area contributed by atoms with E-state index < -0.39 is 10.0 Å². The molecule has 2 aliphatic rings. The first kappa shape index (κ1) is 17.6. The zero-order chi connectivity index (χ0) is 18.1. The Morgan fingerprint density at radius 3 is 2.62 bits per heavy atom. The molecule has 26 heavy (non-hydrogen) atoms. The number of fused-ring (bicyclic) bond motifs is 1. The Labute approximate surface area is 157 Å². The van der Waals surface area contributed by atoms with Crippen molar-refractivity contribution >= 4 is 33.4 Å². The Kier molecular flexibility index (Phi) is 4.77. The molecule has 0 unspecified atom stereocenters. The minimum Gasteiger partial charge on any atom is -0.325 e. The molecular formula is C19H20N2O3S2. The zero-order valence-electron chi connectivity index (χ0n) is 14.2. The predicted molar refractivity (Wildman–Crippen MR) is 103 cm³/mol. The van der Waals surface area contributed by atoms with Gasteiger partial charge in [0.25, 0.3) is 0 Å². The number of nitrogens with one attached hydrogen (secondary N) is 1. The van der Waals surface area contributed by atoms with Gasteiger partial charge in [0.1, 0.15) is 0 Å². The van der Waals surface area contributed by atoms with E-state index in [1.54, 1.807) is 36.0 Å². The number of amides is 1. The standard InChI is InChI=1S/C19H20N2O3S2/c22-19(18-12-14-6-1-2-9-17(14)25-18)20-15-7-5-8-16(13-15)26(23,24)21-10-3-4-11-21/h1-2,5-9,13,18H,3-4,10-12H2,(H,20,22)/t18-/m0/s1. The first-order valence-electron chi connectivity index (χ1n) is 8.70. The molecule has 0 spiro atoms. The molecule has 1 N–H and O–H groups in total. The molecule has 1 fully saturated rings. The van der Waals surface area contributed by atoms with Gasteiger partial charge in [-0.2, -0.15) is 4.31 Å². The topological polar surface area (TPSA) is 66.5 Å². The van der Waals surface area contributed by atoms with Gasteiger partial charge in [0.05, 0.1) is 10.1 Å². The fourth-order valence-electron chi connectivity index (χ4n) is 3.36. The molecule has 0 saturated carbocycles. The van der Waals surface area contributed by atoms with E-state index in [0.717, 1.165) is 17.7 Å². The van der Waals surface area contributed by atoms with Crippen molar-refractivity contribution in [1.82, 2.24) is 4.31 Å². The number of rotatable bonds is 4. The number of sulfonamides is 1. The van der Waals surface area contributed by atoms with Gasteiger partial charge in [0.15, 0.2) is 0 Å². The number of thioether (sulfide) groups is 1. The average Bonchev–Trinajstić information content (AvgIpc) is 3.32. The Morgan fingerprint density at radius 1 is 1.08 bits per heavy atom. The van der Waals surface area contributed by atoms with Gasteiger partial charge in [-0.1, -0.05) is 24.3 Å². The van der Waals surface area contributed by atoms with E-state index in [2.05, 4.69) is 5.32 Å². The second-order valence-electron chi connectivity index (χ2n) is 6.55. The molecule has 2 aliphatic heterocycles. The maximum absolute atomic E-state index is 12.7. The lowest BCUT2D eigenvalue weighted by Gasteiger charge is -2.16. The number of anilines is 1. The zero-order valence-corrected chi connectivity index (χ0v) is 15.9. The Bertz CT molecular complexity index is 912. The molecule has 1 amide bonds. The van der Waals surface area contributed by atoms with Crippen molar-refractivity contribution in [2.45, 2.75) is 34.3 Å². The third-order valence-electron chi connectivity index (χ3n) is 4.74. The highest BCUT2D eigenvalue weighted by Crippen LogP contribution is 2.37. The molecule has 1 atom stereocenters. The van der Waals surface area contributed by atoms with E-state index >= 15 is 0 Å². The summed E-state index contributed by atoms with van der Waals surface area (Å²) in [6, 6.07) is 14.6. The molecule has 5 nitrogen and oxygen atoms in total. The van der Waals surface area contributed by atoms with E-state index in [0.29, 0.717) is 25.2 Å². The van der Waals surface area contributed by atoms with Crippen LogP contribution in [0.1, 0.15) is 18.4 Å². The molecule has 1 saturated heterocycles. The van der Waals surface area contributed by atoms with Crippen LogP contribution >= 0.6 is 11.8 Å². The van der Waals surface area contributed by atoms with Crippen LogP contribution in [-0.2, 0) is 21.2 Å². The summed E-state index contributed by atoms with van der Waals surface area (Å²) in [5.41, 5.74) is 1.70. The third kappa shape index (κ3) is 3.39. The highest BCUT2D eigenvalue weighted by Gasteiger charge is 2.29. The Balaban J connectivity index is 1.48. The van der Waals surface area contributed by atoms with Crippen molar-refractivity contribution in [2.24, 2.45) is 0 Å². The SMILES string of the molecule is O=C(Nc1cccc(S(=O)(=O)N2CCCC2)c1)[C@@H]1Cc2ccccc2S1. The summed E-state index contributed by atoms with van der Waals surface area (Å²) in [6.45, 7) is 1.13. The van der Waals surface area contributed by atoms with E-state index in [9.17, 15) is 13.2 Å². The number of hydrogen-bond donors (Lipinski definition) is 1. The molecule has 2 aromatic rings. The maximum Gasteiger partial charge on any atom is 0.243 e. The van der Waals surface area contributed by atoms with E-state index in [1.807, 2.05) is 24.3 Å². The number of benzene rings is 2. The lowest BCUT2D eigenvalue weighted by Crippen LogP contribution is -2.28. The molecule has 4 rings (SSSR count). The van der Waals surface area contributed by atoms with Crippen molar-refractivity contribution in [1.29, 1.82) is 0 Å². The molecule has 0 bridgehead atoms. The summed E-state index contributed by atoms with van der Waals surface area (Å²) >= 11 is 1.56. The van der Waals surface area contributed by atoms with Gasteiger partial charge in [-0.25, -0.2) is 8.42 Å². The Morgan fingerprint density at radius 2 is 1.85 bits per heavy atom. The van der Waals surface area contributed by atoms with Crippen molar-refractivity contribution in [2.75, 3.05) is 18.4 Å². The second-order valence-corrected chi connectivity index (χ2v) is 9.73. The van der Waals surface area contributed by atoms with Crippen molar-refractivity contribution in [3.8, 4) is 0 Å². The second kappa shape index (κ2) is 7.06. The molecule has 0 aliphatic carbocycles. The predicted octanol–water partition coefficient (Wildman–Crippen LogP) is 3.13. The number of carbonyl (C=O) groups excluding carboxylic acids is 1. The van der Waals surface area contributed by atoms with Gasteiger partial charge in [-0.15, -0.1) is 11.8 Å². The molecule has 0 radical (unpaired) electrons. The van der Waals surface area contributed by atoms with Crippen LogP contribution in [0, 0.1) is 0 Å². The molecule has 136 valence electrons. The molecule has 2 aromatic carbocycles. The van der Waals surface area contributed by atoms with E-state index in [4.69, 9.17) is 0 Å². The first-order valence-corrected chi connectivity index (χ1v) is 11.0. The lowest BCUT2D eigenvalue weighted by atomic mass is 10.1. The van der Waals surface area contributed by atoms with Gasteiger partial charge < -0.3 is 5.32 Å². The summed E-state index contributed by atoms with van der Waals surface area (Å²) in [6.07, 6.45) is 2.49. The van der Waals surface area contributed by atoms with Crippen LogP contribution in [0.15, 0.2) is 58.3 Å². The van der Waals surface area contributed by atoms with Crippen LogP contribution in [0.3, 0.4) is 0 Å². The van der Waals surface area contributed by atoms with Crippen molar-refractivity contribution in [3.05, 3.63) is 54.1 Å². The fraction of sp³-hybridized carbons (Fsp3) is 0.316. The highest BCUT2D eigenvalue weighted by molar-refractivity contribution is 8.01. The van der Waals surface area contributed by atoms with Crippen LogP contribution in [0.2, 0.25) is 0 Å². The van der Waals surface area contributed by atoms with Crippen LogP contribution in [0.5, 0.6) is 0 Å². The summed E-state index contributed by atoms with van der Waals surface area (Å²) in [7, 11) is -3.48. The molecule has 0 aromatic heterocycles. The third-order valence-corrected chi connectivity index (χ3v) is 7.96. The smallest absolute Gasteiger partial charge is 0.243 e. The summed E-state index contributed by atoms with van der Waals surface area (Å²) in [5.74, 6) is -0.0954. The number of carbonyl (C=O) groups is 1. The van der Waals surface area contributed by atoms with Crippen LogP contribution in [0.4, 0.5) is 5.69 Å². The Hall–Kier alpha value is -1.83. The summed E-state index contributed by atoms with van der Waals surface area (Å²) in [5, 5.41) is 2.69. The van der Waals surface area contributed by atoms with Crippen LogP contribution in [-0.4, -0.2) is 37.0 Å². The molecule has 2 heterocycles. The molecular weight excluding hydrogens is 368 g/mol. The van der Waals surface area contributed by atoms with E-state index in [1.165, 1.54) is 9.87 Å². The van der Waals surface area contributed by atoms with Crippen LogP contribution in [0.25, 0.3) is 0 Å². The van der Waals surface area contributed by atoms with Gasteiger partial charge in [-0.05, 0) is 49.1 Å². The van der Waals surface area contributed by atoms with Crippen molar-refractivity contribution in [3.63, 3.8) is 0 Å². The monoisotopic (exact) mass is 388 g/mol. The van der Waals surface area contributed by atoms with Crippen molar-refractivity contribution < 1.29 is 13.2 Å². The summed E-state index contributed by atoms with van der Waals surface area (Å²) < 4.78 is 26.9. The highest BCUT2D eigenvalue weighted by atomic mass is 32.2. The average molecular weight is 389 g/mol. The minimum atomic E-state index is -3.48. The maximum atomic E-state index is 12.7. The minimum absolute atomic E-state index is 0.0954. The first-order chi connectivity index (χ1) is 12.5. The largest absolute Gasteiger partial charge is 0.325 e. The fourth-order valence-corrected chi connectivity index (χ4v) is 6.12. The van der Waals surface area contributed by atoms with Gasteiger partial charge in [0, 0.05) is 23.7 Å². The van der Waals surface area contributed by atoms with Gasteiger partial charge in [-0.3, -0.25) is 4.79 Å². The van der Waals surface area contributed by atoms with Gasteiger partial charge in [0.2, 0.25) is 15.9 Å². The number of nitrogens with zero attached hydrogens (tertiary/aromatic N) is 1. The normalized spacial score (nSPS) is 20.1. The van der Waals surface area contributed by atoms with Crippen LogP contribution < -0.4 is 5.32 Å². The van der Waals surface area contributed by atoms with Gasteiger partial charge >= 0.3 is 0 Å².